The molecule has 1 N–H and O–H groups in total. The molecule has 0 saturated carbocycles. The topological polar surface area (TPSA) is 47.6 Å². The maximum Gasteiger partial charge on any atom is 0.311 e. The highest BCUT2D eigenvalue weighted by atomic mass is 16.5. The molecule has 0 aliphatic carbocycles. The number of piperidine rings is 1. The van der Waals surface area contributed by atoms with Gasteiger partial charge in [-0.05, 0) is 43.7 Å². The van der Waals surface area contributed by atoms with Crippen LogP contribution in [0.3, 0.4) is 0 Å². The zero-order valence-electron chi connectivity index (χ0n) is 11.4. The molecule has 2 bridgehead atoms. The van der Waals surface area contributed by atoms with Crippen LogP contribution in [0.4, 0.5) is 0 Å². The fourth-order valence-corrected chi connectivity index (χ4v) is 3.61. The SMILES string of the molecule is O=C1CCc2ccc(OC3CC4CCC(C3)N4)cc2O1. The van der Waals surface area contributed by atoms with E-state index in [1.54, 1.807) is 0 Å². The van der Waals surface area contributed by atoms with E-state index in [-0.39, 0.29) is 12.1 Å². The molecule has 106 valence electrons. The fourth-order valence-electron chi connectivity index (χ4n) is 3.61. The van der Waals surface area contributed by atoms with Crippen LogP contribution in [0.2, 0.25) is 0 Å². The van der Waals surface area contributed by atoms with Crippen LogP contribution in [0.5, 0.6) is 11.5 Å². The summed E-state index contributed by atoms with van der Waals surface area (Å²) < 4.78 is 11.4. The average Bonchev–Trinajstić information content (AvgIpc) is 2.77. The number of hydrogen-bond acceptors (Lipinski definition) is 4. The van der Waals surface area contributed by atoms with E-state index < -0.39 is 0 Å². The summed E-state index contributed by atoms with van der Waals surface area (Å²) in [4.78, 5) is 11.4. The van der Waals surface area contributed by atoms with Crippen molar-refractivity contribution in [2.24, 2.45) is 0 Å². The van der Waals surface area contributed by atoms with Crippen molar-refractivity contribution in [3.05, 3.63) is 23.8 Å². The van der Waals surface area contributed by atoms with E-state index in [1.807, 2.05) is 18.2 Å². The fraction of sp³-hybridized carbons (Fsp3) is 0.562. The van der Waals surface area contributed by atoms with Gasteiger partial charge in [0.1, 0.15) is 17.6 Å². The zero-order chi connectivity index (χ0) is 13.5. The highest BCUT2D eigenvalue weighted by Gasteiger charge is 2.34. The number of carbonyl (C=O) groups excluding carboxylic acids is 1. The Morgan fingerprint density at radius 3 is 2.75 bits per heavy atom. The van der Waals surface area contributed by atoms with Crippen molar-refractivity contribution in [2.45, 2.75) is 56.7 Å². The van der Waals surface area contributed by atoms with Crippen molar-refractivity contribution in [3.8, 4) is 11.5 Å². The smallest absolute Gasteiger partial charge is 0.311 e. The monoisotopic (exact) mass is 273 g/mol. The Kier molecular flexibility index (Phi) is 2.91. The van der Waals surface area contributed by atoms with Gasteiger partial charge in [-0.15, -0.1) is 0 Å². The predicted octanol–water partition coefficient (Wildman–Crippen LogP) is 2.20. The molecular weight excluding hydrogens is 254 g/mol. The second kappa shape index (κ2) is 4.77. The lowest BCUT2D eigenvalue weighted by atomic mass is 10.0. The van der Waals surface area contributed by atoms with E-state index in [0.29, 0.717) is 24.3 Å². The first-order valence-electron chi connectivity index (χ1n) is 7.52. The second-order valence-corrected chi connectivity index (χ2v) is 6.09. The lowest BCUT2D eigenvalue weighted by Crippen LogP contribution is -2.42. The Labute approximate surface area is 118 Å². The van der Waals surface area contributed by atoms with Gasteiger partial charge < -0.3 is 14.8 Å². The largest absolute Gasteiger partial charge is 0.490 e. The van der Waals surface area contributed by atoms with Crippen LogP contribution in [-0.4, -0.2) is 24.2 Å². The highest BCUT2D eigenvalue weighted by Crippen LogP contribution is 2.33. The third kappa shape index (κ3) is 2.29. The molecule has 1 aromatic rings. The van der Waals surface area contributed by atoms with Crippen LogP contribution in [0.25, 0.3) is 0 Å². The maximum atomic E-state index is 11.4. The van der Waals surface area contributed by atoms with Gasteiger partial charge in [0, 0.05) is 18.2 Å². The summed E-state index contributed by atoms with van der Waals surface area (Å²) in [7, 11) is 0. The van der Waals surface area contributed by atoms with E-state index in [1.165, 1.54) is 12.8 Å². The number of fused-ring (bicyclic) bond motifs is 3. The molecule has 2 saturated heterocycles. The van der Waals surface area contributed by atoms with Crippen LogP contribution in [0, 0.1) is 0 Å². The normalized spacial score (nSPS) is 31.6. The molecule has 1 aromatic carbocycles. The van der Waals surface area contributed by atoms with Crippen LogP contribution in [0.1, 0.15) is 37.7 Å². The first-order valence-corrected chi connectivity index (χ1v) is 7.52. The third-order valence-electron chi connectivity index (χ3n) is 4.59. The van der Waals surface area contributed by atoms with E-state index in [9.17, 15) is 4.79 Å². The summed E-state index contributed by atoms with van der Waals surface area (Å²) in [5, 5.41) is 3.61. The molecule has 0 radical (unpaired) electrons. The van der Waals surface area contributed by atoms with Gasteiger partial charge in [0.25, 0.3) is 0 Å². The standard InChI is InChI=1S/C16H19NO3/c18-16-6-2-10-1-5-13(9-15(10)20-16)19-14-7-11-3-4-12(8-14)17-11/h1,5,9,11-12,14,17H,2-4,6-8H2. The molecule has 0 aromatic heterocycles. The van der Waals surface area contributed by atoms with Crippen LogP contribution in [-0.2, 0) is 11.2 Å². The molecule has 3 aliphatic heterocycles. The molecule has 0 spiro atoms. The predicted molar refractivity (Wildman–Crippen MR) is 74.0 cm³/mol. The van der Waals surface area contributed by atoms with Crippen molar-refractivity contribution in [1.29, 1.82) is 0 Å². The van der Waals surface area contributed by atoms with Gasteiger partial charge in [-0.2, -0.15) is 0 Å². The summed E-state index contributed by atoms with van der Waals surface area (Å²) in [6.07, 6.45) is 6.22. The molecule has 4 nitrogen and oxygen atoms in total. The molecule has 4 rings (SSSR count). The van der Waals surface area contributed by atoms with Crippen molar-refractivity contribution in [2.75, 3.05) is 0 Å². The van der Waals surface area contributed by atoms with E-state index in [0.717, 1.165) is 30.6 Å². The van der Waals surface area contributed by atoms with Gasteiger partial charge in [0.05, 0.1) is 6.42 Å². The number of rotatable bonds is 2. The van der Waals surface area contributed by atoms with Crippen molar-refractivity contribution < 1.29 is 14.3 Å². The minimum atomic E-state index is -0.144. The first-order chi connectivity index (χ1) is 9.76. The number of nitrogens with one attached hydrogen (secondary N) is 1. The minimum absolute atomic E-state index is 0.144. The van der Waals surface area contributed by atoms with Gasteiger partial charge in [-0.3, -0.25) is 4.79 Å². The number of hydrogen-bond donors (Lipinski definition) is 1. The summed E-state index contributed by atoms with van der Waals surface area (Å²) in [6.45, 7) is 0. The lowest BCUT2D eigenvalue weighted by Gasteiger charge is -2.29. The van der Waals surface area contributed by atoms with Crippen LogP contribution < -0.4 is 14.8 Å². The molecule has 2 atom stereocenters. The number of benzene rings is 1. The van der Waals surface area contributed by atoms with E-state index >= 15 is 0 Å². The Bertz CT molecular complexity index is 531. The number of aryl methyl sites for hydroxylation is 1. The molecule has 20 heavy (non-hydrogen) atoms. The first kappa shape index (κ1) is 12.2. The van der Waals surface area contributed by atoms with E-state index in [2.05, 4.69) is 5.32 Å². The molecule has 3 heterocycles. The second-order valence-electron chi connectivity index (χ2n) is 6.09. The Morgan fingerprint density at radius 2 is 1.95 bits per heavy atom. The van der Waals surface area contributed by atoms with Crippen molar-refractivity contribution in [3.63, 3.8) is 0 Å². The molecule has 4 heteroatoms. The Morgan fingerprint density at radius 1 is 1.15 bits per heavy atom. The highest BCUT2D eigenvalue weighted by molar-refractivity contribution is 5.75. The van der Waals surface area contributed by atoms with E-state index in [4.69, 9.17) is 9.47 Å². The summed E-state index contributed by atoms with van der Waals surface area (Å²) >= 11 is 0. The summed E-state index contributed by atoms with van der Waals surface area (Å²) in [6, 6.07) is 7.13. The Balaban J connectivity index is 1.49. The summed E-state index contributed by atoms with van der Waals surface area (Å²) in [5.41, 5.74) is 1.10. The van der Waals surface area contributed by atoms with Gasteiger partial charge in [0.15, 0.2) is 0 Å². The van der Waals surface area contributed by atoms with Gasteiger partial charge in [-0.25, -0.2) is 0 Å². The van der Waals surface area contributed by atoms with Crippen molar-refractivity contribution >= 4 is 5.97 Å². The van der Waals surface area contributed by atoms with Crippen LogP contribution in [0.15, 0.2) is 18.2 Å². The number of ether oxygens (including phenoxy) is 2. The van der Waals surface area contributed by atoms with Gasteiger partial charge in [0.2, 0.25) is 0 Å². The molecule has 2 fully saturated rings. The van der Waals surface area contributed by atoms with Gasteiger partial charge in [-0.1, -0.05) is 6.07 Å². The van der Waals surface area contributed by atoms with Crippen LogP contribution >= 0.6 is 0 Å². The molecular formula is C16H19NO3. The molecule has 0 amide bonds. The third-order valence-corrected chi connectivity index (χ3v) is 4.59. The summed E-state index contributed by atoms with van der Waals surface area (Å²) in [5.74, 6) is 1.36. The number of carbonyl (C=O) groups is 1. The lowest BCUT2D eigenvalue weighted by molar-refractivity contribution is -0.135. The number of esters is 1. The maximum absolute atomic E-state index is 11.4. The molecule has 2 unspecified atom stereocenters. The quantitative estimate of drug-likeness (QED) is 0.663. The zero-order valence-corrected chi connectivity index (χ0v) is 11.4. The van der Waals surface area contributed by atoms with Crippen molar-refractivity contribution in [1.82, 2.24) is 5.32 Å². The van der Waals surface area contributed by atoms with Gasteiger partial charge >= 0.3 is 5.97 Å². The Hall–Kier alpha value is -1.55. The minimum Gasteiger partial charge on any atom is -0.490 e. The molecule has 3 aliphatic rings. The average molecular weight is 273 g/mol.